The second kappa shape index (κ2) is 7.45. The van der Waals surface area contributed by atoms with E-state index in [4.69, 9.17) is 4.74 Å². The zero-order valence-electron chi connectivity index (χ0n) is 15.3. The lowest BCUT2D eigenvalue weighted by molar-refractivity contribution is -0.127. The second-order valence-electron chi connectivity index (χ2n) is 7.12. The fraction of sp³-hybridized carbons (Fsp3) is 0.588. The minimum Gasteiger partial charge on any atom is -0.476 e. The molecule has 140 valence electrons. The highest BCUT2D eigenvalue weighted by Crippen LogP contribution is 2.35. The highest BCUT2D eigenvalue weighted by Gasteiger charge is 2.34. The van der Waals surface area contributed by atoms with Crippen molar-refractivity contribution >= 4 is 33.4 Å². The minimum absolute atomic E-state index is 0.0203. The molecule has 1 aromatic carbocycles. The van der Waals surface area contributed by atoms with Crippen LogP contribution in [0.25, 0.3) is 0 Å². The van der Waals surface area contributed by atoms with E-state index >= 15 is 0 Å². The van der Waals surface area contributed by atoms with Gasteiger partial charge < -0.3 is 10.1 Å². The summed E-state index contributed by atoms with van der Waals surface area (Å²) in [4.78, 5) is 12.4. The summed E-state index contributed by atoms with van der Waals surface area (Å²) in [6.07, 6.45) is 0.281. The standard InChI is InChI=1S/C17H26N2O4S2/c1-12-6-7-14-13(10-12)19(25(5,21)22)11-15(23-14)16(20)18-8-9-24-17(2,3)4/h6-7,10,15H,8-9,11H2,1-5H3,(H,18,20)/t15-/m1/s1. The lowest BCUT2D eigenvalue weighted by Gasteiger charge is -2.34. The van der Waals surface area contributed by atoms with Crippen LogP contribution in [0.4, 0.5) is 5.69 Å². The number of ether oxygens (including phenoxy) is 1. The van der Waals surface area contributed by atoms with Gasteiger partial charge in [0.05, 0.1) is 18.5 Å². The summed E-state index contributed by atoms with van der Waals surface area (Å²) in [6.45, 7) is 8.73. The molecule has 0 bridgehead atoms. The average Bonchev–Trinajstić information content (AvgIpc) is 2.48. The van der Waals surface area contributed by atoms with Crippen molar-refractivity contribution in [3.05, 3.63) is 23.8 Å². The maximum absolute atomic E-state index is 12.4. The van der Waals surface area contributed by atoms with Gasteiger partial charge in [-0.2, -0.15) is 11.8 Å². The van der Waals surface area contributed by atoms with Crippen LogP contribution < -0.4 is 14.4 Å². The van der Waals surface area contributed by atoms with Crippen molar-refractivity contribution in [3.8, 4) is 5.75 Å². The maximum atomic E-state index is 12.4. The van der Waals surface area contributed by atoms with Gasteiger partial charge in [-0.15, -0.1) is 0 Å². The zero-order chi connectivity index (χ0) is 18.8. The summed E-state index contributed by atoms with van der Waals surface area (Å²) in [5.41, 5.74) is 1.41. The number of carbonyl (C=O) groups is 1. The molecule has 2 rings (SSSR count). The number of nitrogens with zero attached hydrogens (tertiary/aromatic N) is 1. The zero-order valence-corrected chi connectivity index (χ0v) is 17.0. The molecule has 0 radical (unpaired) electrons. The van der Waals surface area contributed by atoms with Gasteiger partial charge in [-0.1, -0.05) is 26.8 Å². The van der Waals surface area contributed by atoms with Gasteiger partial charge in [-0.25, -0.2) is 8.42 Å². The Morgan fingerprint density at radius 2 is 2.08 bits per heavy atom. The second-order valence-corrected chi connectivity index (χ2v) is 11.0. The molecular weight excluding hydrogens is 360 g/mol. The monoisotopic (exact) mass is 386 g/mol. The summed E-state index contributed by atoms with van der Waals surface area (Å²) < 4.78 is 31.4. The maximum Gasteiger partial charge on any atom is 0.263 e. The molecule has 1 amide bonds. The van der Waals surface area contributed by atoms with Crippen LogP contribution in [0.15, 0.2) is 18.2 Å². The van der Waals surface area contributed by atoms with Crippen LogP contribution in [0, 0.1) is 6.92 Å². The average molecular weight is 387 g/mol. The Hall–Kier alpha value is -1.41. The number of carbonyl (C=O) groups excluding carboxylic acids is 1. The first-order valence-electron chi connectivity index (χ1n) is 8.14. The van der Waals surface area contributed by atoms with Crippen LogP contribution >= 0.6 is 11.8 Å². The molecule has 1 aliphatic heterocycles. The number of rotatable bonds is 5. The Kier molecular flexibility index (Phi) is 5.93. The third kappa shape index (κ3) is 5.54. The SMILES string of the molecule is Cc1ccc2c(c1)N(S(C)(=O)=O)C[C@H](C(=O)NCCSC(C)(C)C)O2. The van der Waals surface area contributed by atoms with E-state index in [0.717, 1.165) is 17.6 Å². The van der Waals surface area contributed by atoms with Crippen LogP contribution in [0.5, 0.6) is 5.75 Å². The van der Waals surface area contributed by atoms with Crippen molar-refractivity contribution in [3.63, 3.8) is 0 Å². The summed E-state index contributed by atoms with van der Waals surface area (Å²) in [7, 11) is -3.50. The fourth-order valence-electron chi connectivity index (χ4n) is 2.46. The molecule has 1 aromatic rings. The Labute approximate surface area is 154 Å². The topological polar surface area (TPSA) is 75.7 Å². The molecule has 0 aliphatic carbocycles. The highest BCUT2D eigenvalue weighted by molar-refractivity contribution is 8.00. The first-order valence-corrected chi connectivity index (χ1v) is 11.0. The van der Waals surface area contributed by atoms with Gasteiger partial charge in [0, 0.05) is 17.0 Å². The Balaban J connectivity index is 2.08. The van der Waals surface area contributed by atoms with Crippen LogP contribution in [0.3, 0.4) is 0 Å². The molecular formula is C17H26N2O4S2. The van der Waals surface area contributed by atoms with Crippen LogP contribution in [0.1, 0.15) is 26.3 Å². The quantitative estimate of drug-likeness (QED) is 0.785. The largest absolute Gasteiger partial charge is 0.476 e. The first kappa shape index (κ1) is 19.9. The third-order valence-corrected chi connectivity index (χ3v) is 6.03. The number of nitrogens with one attached hydrogen (secondary N) is 1. The van der Waals surface area contributed by atoms with E-state index in [1.165, 1.54) is 4.31 Å². The van der Waals surface area contributed by atoms with Gasteiger partial charge in [0.25, 0.3) is 5.91 Å². The molecule has 25 heavy (non-hydrogen) atoms. The van der Waals surface area contributed by atoms with Crippen molar-refractivity contribution in [2.75, 3.05) is 29.4 Å². The van der Waals surface area contributed by atoms with E-state index in [9.17, 15) is 13.2 Å². The summed E-state index contributed by atoms with van der Waals surface area (Å²) >= 11 is 1.76. The first-order chi connectivity index (χ1) is 11.5. The molecule has 6 nitrogen and oxygen atoms in total. The van der Waals surface area contributed by atoms with Crippen molar-refractivity contribution in [2.45, 2.75) is 38.5 Å². The van der Waals surface area contributed by atoms with Crippen molar-refractivity contribution < 1.29 is 17.9 Å². The Bertz CT molecular complexity index is 742. The number of fused-ring (bicyclic) bond motifs is 1. The number of anilines is 1. The van der Waals surface area contributed by atoms with Gasteiger partial charge in [0.15, 0.2) is 6.10 Å². The lowest BCUT2D eigenvalue weighted by Crippen LogP contribution is -2.50. The molecule has 0 fully saturated rings. The number of thioether (sulfide) groups is 1. The Morgan fingerprint density at radius 3 is 2.68 bits per heavy atom. The van der Waals surface area contributed by atoms with Gasteiger partial charge in [-0.3, -0.25) is 9.10 Å². The van der Waals surface area contributed by atoms with E-state index in [1.807, 2.05) is 13.0 Å². The summed E-state index contributed by atoms with van der Waals surface area (Å²) in [5.74, 6) is 0.897. The number of sulfonamides is 1. The van der Waals surface area contributed by atoms with Crippen LogP contribution in [-0.2, 0) is 14.8 Å². The van der Waals surface area contributed by atoms with Crippen LogP contribution in [0.2, 0.25) is 0 Å². The molecule has 1 heterocycles. The van der Waals surface area contributed by atoms with Gasteiger partial charge in [-0.05, 0) is 24.6 Å². The number of hydrogen-bond donors (Lipinski definition) is 1. The van der Waals surface area contributed by atoms with Crippen molar-refractivity contribution in [1.82, 2.24) is 5.32 Å². The molecule has 0 unspecified atom stereocenters. The normalized spacial score (nSPS) is 17.6. The lowest BCUT2D eigenvalue weighted by atomic mass is 10.1. The highest BCUT2D eigenvalue weighted by atomic mass is 32.2. The molecule has 1 aliphatic rings. The Morgan fingerprint density at radius 1 is 1.40 bits per heavy atom. The molecule has 1 atom stereocenters. The fourth-order valence-corrected chi connectivity index (χ4v) is 4.18. The molecule has 0 spiro atoms. The van der Waals surface area contributed by atoms with Crippen molar-refractivity contribution in [1.29, 1.82) is 0 Å². The van der Waals surface area contributed by atoms with Gasteiger partial charge >= 0.3 is 0 Å². The molecule has 0 aromatic heterocycles. The van der Waals surface area contributed by atoms with Gasteiger partial charge in [0.1, 0.15) is 5.75 Å². The van der Waals surface area contributed by atoms with E-state index in [-0.39, 0.29) is 17.2 Å². The smallest absolute Gasteiger partial charge is 0.263 e. The molecule has 8 heteroatoms. The third-order valence-electron chi connectivity index (χ3n) is 3.61. The van der Waals surface area contributed by atoms with Crippen molar-refractivity contribution in [2.24, 2.45) is 0 Å². The van der Waals surface area contributed by atoms with E-state index in [0.29, 0.717) is 18.0 Å². The van der Waals surface area contributed by atoms with Gasteiger partial charge in [0.2, 0.25) is 10.0 Å². The predicted molar refractivity (Wildman–Crippen MR) is 103 cm³/mol. The molecule has 1 N–H and O–H groups in total. The minimum atomic E-state index is -3.50. The van der Waals surface area contributed by atoms with Crippen LogP contribution in [-0.4, -0.2) is 50.3 Å². The predicted octanol–water partition coefficient (Wildman–Crippen LogP) is 2.17. The molecule has 0 saturated carbocycles. The summed E-state index contributed by atoms with van der Waals surface area (Å²) in [5, 5.41) is 2.83. The summed E-state index contributed by atoms with van der Waals surface area (Å²) in [6, 6.07) is 5.29. The van der Waals surface area contributed by atoms with E-state index < -0.39 is 16.1 Å². The number of amides is 1. The van der Waals surface area contributed by atoms with E-state index in [1.54, 1.807) is 23.9 Å². The number of hydrogen-bond acceptors (Lipinski definition) is 5. The number of aryl methyl sites for hydroxylation is 1. The molecule has 0 saturated heterocycles. The van der Waals surface area contributed by atoms with E-state index in [2.05, 4.69) is 26.1 Å². The number of benzene rings is 1.